The second kappa shape index (κ2) is 6.20. The van der Waals surface area contributed by atoms with Crippen LogP contribution in [-0.4, -0.2) is 21.9 Å². The number of hydrogen-bond acceptors (Lipinski definition) is 3. The minimum absolute atomic E-state index is 0.595. The minimum atomic E-state index is 0.595. The van der Waals surface area contributed by atoms with Crippen molar-refractivity contribution >= 4 is 11.6 Å². The van der Waals surface area contributed by atoms with Crippen LogP contribution in [0.2, 0.25) is 5.02 Å². The highest BCUT2D eigenvalue weighted by Gasteiger charge is 2.10. The molecule has 0 saturated heterocycles. The second-order valence-corrected chi connectivity index (χ2v) is 5.55. The normalized spacial score (nSPS) is 10.7. The summed E-state index contributed by atoms with van der Waals surface area (Å²) in [4.78, 5) is 4.41. The Morgan fingerprint density at radius 1 is 1.18 bits per heavy atom. The van der Waals surface area contributed by atoms with Crippen LogP contribution in [0.3, 0.4) is 0 Å². The molecule has 0 spiro atoms. The second-order valence-electron chi connectivity index (χ2n) is 5.11. The summed E-state index contributed by atoms with van der Waals surface area (Å²) in [6.07, 6.45) is 6.48. The fourth-order valence-electron chi connectivity index (χ4n) is 2.42. The first-order valence-corrected chi connectivity index (χ1v) is 7.30. The summed E-state index contributed by atoms with van der Waals surface area (Å²) in [5, 5.41) is 4.88. The van der Waals surface area contributed by atoms with E-state index in [2.05, 4.69) is 16.1 Å². The van der Waals surface area contributed by atoms with Gasteiger partial charge in [-0.1, -0.05) is 23.7 Å². The van der Waals surface area contributed by atoms with Gasteiger partial charge in [0.25, 0.3) is 0 Å². The van der Waals surface area contributed by atoms with E-state index in [4.69, 9.17) is 16.3 Å². The molecule has 0 N–H and O–H groups in total. The van der Waals surface area contributed by atoms with Gasteiger partial charge in [0.15, 0.2) is 0 Å². The van der Waals surface area contributed by atoms with Gasteiger partial charge in [0.2, 0.25) is 5.88 Å². The van der Waals surface area contributed by atoms with Gasteiger partial charge < -0.3 is 4.74 Å². The third-order valence-corrected chi connectivity index (χ3v) is 3.64. The van der Waals surface area contributed by atoms with Crippen molar-refractivity contribution < 1.29 is 4.74 Å². The standard InChI is InChI=1S/C17H16ClN3O/c1-21-11-13(10-20-21)6-12-7-16(17(22-2)19-9-12)14-4-3-5-15(18)8-14/h3-5,7-11H,6H2,1-2H3. The zero-order valence-electron chi connectivity index (χ0n) is 12.5. The maximum atomic E-state index is 6.09. The molecule has 22 heavy (non-hydrogen) atoms. The molecule has 2 heterocycles. The molecule has 0 aliphatic rings. The van der Waals surface area contributed by atoms with E-state index in [1.807, 2.05) is 49.9 Å². The number of aromatic nitrogens is 3. The summed E-state index contributed by atoms with van der Waals surface area (Å²) >= 11 is 6.09. The Labute approximate surface area is 134 Å². The molecule has 0 unspecified atom stereocenters. The van der Waals surface area contributed by atoms with Crippen molar-refractivity contribution in [3.05, 3.63) is 65.1 Å². The molecule has 0 aliphatic heterocycles. The van der Waals surface area contributed by atoms with E-state index in [-0.39, 0.29) is 0 Å². The third kappa shape index (κ3) is 3.12. The zero-order chi connectivity index (χ0) is 15.5. The Hall–Kier alpha value is -2.33. The predicted octanol–water partition coefficient (Wildman–Crippen LogP) is 3.73. The van der Waals surface area contributed by atoms with Crippen LogP contribution in [0.15, 0.2) is 48.9 Å². The van der Waals surface area contributed by atoms with Crippen LogP contribution in [0.4, 0.5) is 0 Å². The van der Waals surface area contributed by atoms with E-state index >= 15 is 0 Å². The smallest absolute Gasteiger partial charge is 0.221 e. The maximum absolute atomic E-state index is 6.09. The largest absolute Gasteiger partial charge is 0.481 e. The Morgan fingerprint density at radius 3 is 2.73 bits per heavy atom. The number of rotatable bonds is 4. The molecule has 0 radical (unpaired) electrons. The van der Waals surface area contributed by atoms with E-state index in [9.17, 15) is 0 Å². The molecule has 0 atom stereocenters. The molecule has 5 heteroatoms. The van der Waals surface area contributed by atoms with Crippen molar-refractivity contribution in [3.63, 3.8) is 0 Å². The van der Waals surface area contributed by atoms with Gasteiger partial charge in [-0.15, -0.1) is 0 Å². The molecule has 1 aromatic carbocycles. The number of pyridine rings is 1. The Balaban J connectivity index is 1.99. The topological polar surface area (TPSA) is 39.9 Å². The summed E-state index contributed by atoms with van der Waals surface area (Å²) in [6.45, 7) is 0. The predicted molar refractivity (Wildman–Crippen MR) is 87.2 cm³/mol. The molecule has 2 aromatic heterocycles. The van der Waals surface area contributed by atoms with Gasteiger partial charge in [0, 0.05) is 36.4 Å². The van der Waals surface area contributed by atoms with Crippen LogP contribution in [0.1, 0.15) is 11.1 Å². The zero-order valence-corrected chi connectivity index (χ0v) is 13.2. The molecule has 0 fully saturated rings. The van der Waals surface area contributed by atoms with E-state index in [1.165, 1.54) is 0 Å². The Kier molecular flexibility index (Phi) is 4.11. The molecule has 4 nitrogen and oxygen atoms in total. The molecule has 3 aromatic rings. The number of halogens is 1. The highest BCUT2D eigenvalue weighted by atomic mass is 35.5. The van der Waals surface area contributed by atoms with Crippen molar-refractivity contribution in [1.29, 1.82) is 0 Å². The molecule has 0 bridgehead atoms. The van der Waals surface area contributed by atoms with Crippen LogP contribution in [0.5, 0.6) is 5.88 Å². The average molecular weight is 314 g/mol. The summed E-state index contributed by atoms with van der Waals surface area (Å²) in [5.74, 6) is 0.595. The van der Waals surface area contributed by atoms with E-state index in [1.54, 1.807) is 11.8 Å². The number of aryl methyl sites for hydroxylation is 1. The lowest BCUT2D eigenvalue weighted by Crippen LogP contribution is -1.95. The van der Waals surface area contributed by atoms with Crippen molar-refractivity contribution in [3.8, 4) is 17.0 Å². The van der Waals surface area contributed by atoms with Gasteiger partial charge in [0.05, 0.1) is 13.3 Å². The highest BCUT2D eigenvalue weighted by molar-refractivity contribution is 6.30. The molecule has 112 valence electrons. The van der Waals surface area contributed by atoms with Crippen molar-refractivity contribution in [1.82, 2.24) is 14.8 Å². The SMILES string of the molecule is COc1ncc(Cc2cnn(C)c2)cc1-c1cccc(Cl)c1. The third-order valence-electron chi connectivity index (χ3n) is 3.40. The highest BCUT2D eigenvalue weighted by Crippen LogP contribution is 2.30. The summed E-state index contributed by atoms with van der Waals surface area (Å²) in [5.41, 5.74) is 4.17. The molecule has 0 saturated carbocycles. The maximum Gasteiger partial charge on any atom is 0.221 e. The first kappa shape index (κ1) is 14.6. The van der Waals surface area contributed by atoms with Crippen LogP contribution in [0.25, 0.3) is 11.1 Å². The summed E-state index contributed by atoms with van der Waals surface area (Å²) in [6, 6.07) is 9.77. The van der Waals surface area contributed by atoms with Crippen molar-refractivity contribution in [2.45, 2.75) is 6.42 Å². The van der Waals surface area contributed by atoms with Crippen LogP contribution >= 0.6 is 11.6 Å². The van der Waals surface area contributed by atoms with Gasteiger partial charge >= 0.3 is 0 Å². The van der Waals surface area contributed by atoms with E-state index in [0.29, 0.717) is 10.9 Å². The van der Waals surface area contributed by atoms with Crippen LogP contribution < -0.4 is 4.74 Å². The summed E-state index contributed by atoms with van der Waals surface area (Å²) in [7, 11) is 3.53. The number of nitrogens with zero attached hydrogens (tertiary/aromatic N) is 3. The van der Waals surface area contributed by atoms with Crippen LogP contribution in [-0.2, 0) is 13.5 Å². The molecular weight excluding hydrogens is 298 g/mol. The van der Waals surface area contributed by atoms with Crippen molar-refractivity contribution in [2.24, 2.45) is 7.05 Å². The average Bonchev–Trinajstić information content (AvgIpc) is 2.92. The number of ether oxygens (including phenoxy) is 1. The Bertz CT molecular complexity index is 798. The minimum Gasteiger partial charge on any atom is -0.481 e. The molecule has 0 amide bonds. The quantitative estimate of drug-likeness (QED) is 0.736. The van der Waals surface area contributed by atoms with E-state index in [0.717, 1.165) is 28.7 Å². The lowest BCUT2D eigenvalue weighted by molar-refractivity contribution is 0.399. The van der Waals surface area contributed by atoms with Crippen molar-refractivity contribution in [2.75, 3.05) is 7.11 Å². The summed E-state index contributed by atoms with van der Waals surface area (Å²) < 4.78 is 7.17. The molecule has 0 aliphatic carbocycles. The van der Waals surface area contributed by atoms with Gasteiger partial charge in [-0.25, -0.2) is 4.98 Å². The van der Waals surface area contributed by atoms with Gasteiger partial charge in [-0.2, -0.15) is 5.10 Å². The fourth-order valence-corrected chi connectivity index (χ4v) is 2.61. The van der Waals surface area contributed by atoms with Gasteiger partial charge in [-0.05, 0) is 34.9 Å². The number of methoxy groups -OCH3 is 1. The lowest BCUT2D eigenvalue weighted by Gasteiger charge is -2.10. The number of hydrogen-bond donors (Lipinski definition) is 0. The fraction of sp³-hybridized carbons (Fsp3) is 0.176. The molecule has 3 rings (SSSR count). The van der Waals surface area contributed by atoms with Gasteiger partial charge in [0.1, 0.15) is 0 Å². The monoisotopic (exact) mass is 313 g/mol. The van der Waals surface area contributed by atoms with Crippen LogP contribution in [0, 0.1) is 0 Å². The van der Waals surface area contributed by atoms with E-state index < -0.39 is 0 Å². The van der Waals surface area contributed by atoms with Gasteiger partial charge in [-0.3, -0.25) is 4.68 Å². The number of benzene rings is 1. The first-order chi connectivity index (χ1) is 10.7. The Morgan fingerprint density at radius 2 is 2.05 bits per heavy atom. The molecular formula is C17H16ClN3O. The first-order valence-electron chi connectivity index (χ1n) is 6.92. The lowest BCUT2D eigenvalue weighted by atomic mass is 10.0.